The maximum absolute atomic E-state index is 11.7. The lowest BCUT2D eigenvalue weighted by atomic mass is 10.2. The molecule has 1 aliphatic rings. The van der Waals surface area contributed by atoms with E-state index >= 15 is 0 Å². The molecule has 102 valence electrons. The van der Waals surface area contributed by atoms with E-state index in [-0.39, 0.29) is 11.6 Å². The number of thioether (sulfide) groups is 1. The van der Waals surface area contributed by atoms with Crippen molar-refractivity contribution in [3.05, 3.63) is 29.8 Å². The number of anilines is 1. The summed E-state index contributed by atoms with van der Waals surface area (Å²) in [6, 6.07) is 6.00. The van der Waals surface area contributed by atoms with Gasteiger partial charge >= 0.3 is 12.0 Å². The van der Waals surface area contributed by atoms with Crippen LogP contribution in [-0.4, -0.2) is 34.7 Å². The van der Waals surface area contributed by atoms with Crippen LogP contribution in [0.2, 0.25) is 0 Å². The van der Waals surface area contributed by atoms with E-state index in [9.17, 15) is 9.59 Å². The number of carboxylic acid groups (broad SMARTS) is 1. The van der Waals surface area contributed by atoms with Gasteiger partial charge in [0, 0.05) is 11.8 Å². The summed E-state index contributed by atoms with van der Waals surface area (Å²) in [5.74, 6) is 0.0952. The monoisotopic (exact) mass is 280 g/mol. The van der Waals surface area contributed by atoms with Crippen molar-refractivity contribution in [2.75, 3.05) is 17.6 Å². The second-order valence-corrected chi connectivity index (χ2v) is 5.73. The highest BCUT2D eigenvalue weighted by Gasteiger charge is 2.17. The Morgan fingerprint density at radius 1 is 1.37 bits per heavy atom. The van der Waals surface area contributed by atoms with Gasteiger partial charge in [0.1, 0.15) is 0 Å². The van der Waals surface area contributed by atoms with Gasteiger partial charge in [0.05, 0.1) is 11.3 Å². The van der Waals surface area contributed by atoms with Gasteiger partial charge in [0.15, 0.2) is 0 Å². The highest BCUT2D eigenvalue weighted by atomic mass is 32.2. The van der Waals surface area contributed by atoms with Gasteiger partial charge in [-0.15, -0.1) is 0 Å². The van der Waals surface area contributed by atoms with E-state index in [0.29, 0.717) is 17.5 Å². The first-order chi connectivity index (χ1) is 9.16. The molecular formula is C13H16N2O3S. The summed E-state index contributed by atoms with van der Waals surface area (Å²) in [4.78, 5) is 22.7. The van der Waals surface area contributed by atoms with Crippen LogP contribution < -0.4 is 10.6 Å². The number of rotatable bonds is 4. The maximum Gasteiger partial charge on any atom is 0.337 e. The molecule has 1 saturated heterocycles. The average molecular weight is 280 g/mol. The van der Waals surface area contributed by atoms with E-state index in [4.69, 9.17) is 5.11 Å². The Morgan fingerprint density at radius 3 is 2.84 bits per heavy atom. The van der Waals surface area contributed by atoms with Gasteiger partial charge in [-0.2, -0.15) is 11.8 Å². The molecule has 6 heteroatoms. The van der Waals surface area contributed by atoms with Gasteiger partial charge in [-0.05, 0) is 30.7 Å². The normalized spacial score (nSPS) is 18.0. The Morgan fingerprint density at radius 2 is 2.16 bits per heavy atom. The van der Waals surface area contributed by atoms with E-state index in [1.54, 1.807) is 18.2 Å². The van der Waals surface area contributed by atoms with Crippen LogP contribution >= 0.6 is 11.8 Å². The summed E-state index contributed by atoms with van der Waals surface area (Å²) in [5, 5.41) is 14.8. The second-order valence-electron chi connectivity index (χ2n) is 4.32. The topological polar surface area (TPSA) is 78.4 Å². The van der Waals surface area contributed by atoms with E-state index in [0.717, 1.165) is 12.2 Å². The first kappa shape index (κ1) is 13.7. The van der Waals surface area contributed by atoms with Crippen molar-refractivity contribution in [3.8, 4) is 0 Å². The number of nitrogens with one attached hydrogen (secondary N) is 2. The number of carboxylic acids is 1. The molecule has 1 aromatic rings. The average Bonchev–Trinajstić information content (AvgIpc) is 2.90. The Hall–Kier alpha value is -1.69. The third-order valence-electron chi connectivity index (χ3n) is 2.92. The molecule has 19 heavy (non-hydrogen) atoms. The number of carbonyl (C=O) groups is 2. The van der Waals surface area contributed by atoms with Gasteiger partial charge in [-0.25, -0.2) is 9.59 Å². The minimum Gasteiger partial charge on any atom is -0.478 e. The molecule has 0 aliphatic carbocycles. The summed E-state index contributed by atoms with van der Waals surface area (Å²) in [6.45, 7) is 0.617. The van der Waals surface area contributed by atoms with Crippen molar-refractivity contribution < 1.29 is 14.7 Å². The maximum atomic E-state index is 11.7. The van der Waals surface area contributed by atoms with E-state index in [1.165, 1.54) is 12.5 Å². The Kier molecular flexibility index (Phi) is 4.68. The zero-order chi connectivity index (χ0) is 13.7. The van der Waals surface area contributed by atoms with Crippen molar-refractivity contribution in [2.24, 2.45) is 0 Å². The van der Waals surface area contributed by atoms with Gasteiger partial charge < -0.3 is 15.7 Å². The van der Waals surface area contributed by atoms with Crippen LogP contribution in [0.4, 0.5) is 10.5 Å². The lowest BCUT2D eigenvalue weighted by molar-refractivity contribution is 0.0698. The smallest absolute Gasteiger partial charge is 0.337 e. The third kappa shape index (κ3) is 3.89. The summed E-state index contributed by atoms with van der Waals surface area (Å²) >= 11 is 1.86. The fourth-order valence-corrected chi connectivity index (χ4v) is 3.16. The van der Waals surface area contributed by atoms with Crippen LogP contribution in [-0.2, 0) is 0 Å². The van der Waals surface area contributed by atoms with Crippen LogP contribution in [0.5, 0.6) is 0 Å². The molecule has 0 aromatic heterocycles. The fourth-order valence-electron chi connectivity index (χ4n) is 1.96. The fraction of sp³-hybridized carbons (Fsp3) is 0.385. The van der Waals surface area contributed by atoms with E-state index in [2.05, 4.69) is 10.6 Å². The van der Waals surface area contributed by atoms with Crippen LogP contribution in [0.15, 0.2) is 24.3 Å². The molecule has 5 nitrogen and oxygen atoms in total. The van der Waals surface area contributed by atoms with E-state index < -0.39 is 5.97 Å². The number of benzene rings is 1. The highest BCUT2D eigenvalue weighted by Crippen LogP contribution is 2.25. The molecule has 0 radical (unpaired) electrons. The van der Waals surface area contributed by atoms with Gasteiger partial charge in [0.2, 0.25) is 0 Å². The second kappa shape index (κ2) is 6.47. The molecular weight excluding hydrogens is 264 g/mol. The molecule has 2 amide bonds. The number of carbonyl (C=O) groups excluding carboxylic acids is 1. The summed E-state index contributed by atoms with van der Waals surface area (Å²) in [6.07, 6.45) is 2.32. The number of urea groups is 1. The van der Waals surface area contributed by atoms with Gasteiger partial charge in [-0.1, -0.05) is 12.1 Å². The van der Waals surface area contributed by atoms with Crippen LogP contribution in [0.3, 0.4) is 0 Å². The molecule has 1 fully saturated rings. The number of aromatic carboxylic acids is 1. The summed E-state index contributed by atoms with van der Waals surface area (Å²) in [7, 11) is 0. The Labute approximate surface area is 115 Å². The van der Waals surface area contributed by atoms with Crippen LogP contribution in [0.1, 0.15) is 23.2 Å². The number of hydrogen-bond donors (Lipinski definition) is 3. The predicted octanol–water partition coefficient (Wildman–Crippen LogP) is 2.40. The SMILES string of the molecule is O=C(NCC1CCCS1)Nc1ccccc1C(=O)O. The van der Waals surface area contributed by atoms with Crippen molar-refractivity contribution >= 4 is 29.4 Å². The predicted molar refractivity (Wildman–Crippen MR) is 75.9 cm³/mol. The minimum absolute atomic E-state index is 0.0906. The quantitative estimate of drug-likeness (QED) is 0.791. The Balaban J connectivity index is 1.89. The molecule has 0 spiro atoms. The summed E-state index contributed by atoms with van der Waals surface area (Å²) < 4.78 is 0. The summed E-state index contributed by atoms with van der Waals surface area (Å²) in [5.41, 5.74) is 0.402. The van der Waals surface area contributed by atoms with Crippen molar-refractivity contribution in [2.45, 2.75) is 18.1 Å². The molecule has 1 unspecified atom stereocenters. The van der Waals surface area contributed by atoms with Crippen molar-refractivity contribution in [1.29, 1.82) is 0 Å². The van der Waals surface area contributed by atoms with Gasteiger partial charge in [0.25, 0.3) is 0 Å². The molecule has 0 saturated carbocycles. The first-order valence-electron chi connectivity index (χ1n) is 6.15. The van der Waals surface area contributed by atoms with Crippen molar-refractivity contribution in [1.82, 2.24) is 5.32 Å². The third-order valence-corrected chi connectivity index (χ3v) is 4.32. The number of hydrogen-bond acceptors (Lipinski definition) is 3. The van der Waals surface area contributed by atoms with Gasteiger partial charge in [-0.3, -0.25) is 0 Å². The van der Waals surface area contributed by atoms with Crippen LogP contribution in [0, 0.1) is 0 Å². The molecule has 2 rings (SSSR count). The zero-order valence-corrected chi connectivity index (χ0v) is 11.2. The first-order valence-corrected chi connectivity index (χ1v) is 7.20. The largest absolute Gasteiger partial charge is 0.478 e. The van der Waals surface area contributed by atoms with Crippen LogP contribution in [0.25, 0.3) is 0 Å². The number of amides is 2. The lowest BCUT2D eigenvalue weighted by Crippen LogP contribution is -2.33. The molecule has 1 atom stereocenters. The highest BCUT2D eigenvalue weighted by molar-refractivity contribution is 8.00. The molecule has 1 aromatic carbocycles. The molecule has 0 bridgehead atoms. The Bertz CT molecular complexity index is 473. The molecule has 1 heterocycles. The number of para-hydroxylation sites is 1. The lowest BCUT2D eigenvalue weighted by Gasteiger charge is -2.12. The standard InChI is InChI=1S/C13H16N2O3S/c16-12(17)10-5-1-2-6-11(10)15-13(18)14-8-9-4-3-7-19-9/h1-2,5-6,9H,3-4,7-8H2,(H,16,17)(H2,14,15,18). The molecule has 1 aliphatic heterocycles. The minimum atomic E-state index is -1.05. The zero-order valence-electron chi connectivity index (χ0n) is 10.4. The molecule has 3 N–H and O–H groups in total. The van der Waals surface area contributed by atoms with Crippen molar-refractivity contribution in [3.63, 3.8) is 0 Å². The van der Waals surface area contributed by atoms with E-state index in [1.807, 2.05) is 11.8 Å².